The third-order valence-corrected chi connectivity index (χ3v) is 6.92. The highest BCUT2D eigenvalue weighted by Crippen LogP contribution is 2.28. The summed E-state index contributed by atoms with van der Waals surface area (Å²) < 4.78 is 26.1. The van der Waals surface area contributed by atoms with Gasteiger partial charge in [-0.3, -0.25) is 13.9 Å². The summed E-state index contributed by atoms with van der Waals surface area (Å²) in [6.07, 6.45) is 1.38. The smallest absolute Gasteiger partial charge is 0.244 e. The third kappa shape index (κ3) is 7.35. The average molecular weight is 514 g/mol. The van der Waals surface area contributed by atoms with Crippen LogP contribution < -0.4 is 9.62 Å². The lowest BCUT2D eigenvalue weighted by atomic mass is 10.1. The molecule has 0 heterocycles. The fourth-order valence-corrected chi connectivity index (χ4v) is 4.61. The Kier molecular flexibility index (Phi) is 9.57. The molecule has 0 saturated heterocycles. The minimum Gasteiger partial charge on any atom is -0.355 e. The Morgan fingerprint density at radius 1 is 1.06 bits per heavy atom. The van der Waals surface area contributed by atoms with Gasteiger partial charge in [-0.05, 0) is 44.0 Å². The maximum Gasteiger partial charge on any atom is 0.244 e. The lowest BCUT2D eigenvalue weighted by Crippen LogP contribution is -2.52. The summed E-state index contributed by atoms with van der Waals surface area (Å²) in [5.74, 6) is -0.799. The summed E-state index contributed by atoms with van der Waals surface area (Å²) >= 11 is 12.0. The fourth-order valence-electron chi connectivity index (χ4n) is 3.47. The van der Waals surface area contributed by atoms with Crippen LogP contribution >= 0.6 is 23.2 Å². The van der Waals surface area contributed by atoms with Crippen molar-refractivity contribution >= 4 is 50.7 Å². The molecule has 7 nitrogen and oxygen atoms in total. The van der Waals surface area contributed by atoms with E-state index in [0.29, 0.717) is 13.0 Å². The monoisotopic (exact) mass is 513 g/mol. The summed E-state index contributed by atoms with van der Waals surface area (Å²) in [6.45, 7) is 5.64. The molecule has 2 aromatic rings. The van der Waals surface area contributed by atoms with Crippen LogP contribution in [0.5, 0.6) is 0 Å². The second-order valence-corrected chi connectivity index (χ2v) is 10.4. The van der Waals surface area contributed by atoms with Gasteiger partial charge in [-0.15, -0.1) is 0 Å². The predicted molar refractivity (Wildman–Crippen MR) is 133 cm³/mol. The SMILES string of the molecule is CCNC(=O)[C@@H](CC)N(Cc1cccc(C)c1)C(=O)CN(c1ccc(Cl)c(Cl)c1)S(C)(=O)=O. The molecule has 10 heteroatoms. The van der Waals surface area contributed by atoms with Crippen LogP contribution in [0.4, 0.5) is 5.69 Å². The fraction of sp³-hybridized carbons (Fsp3) is 0.391. The van der Waals surface area contributed by atoms with Crippen molar-refractivity contribution in [3.63, 3.8) is 0 Å². The lowest BCUT2D eigenvalue weighted by molar-refractivity contribution is -0.140. The molecular weight excluding hydrogens is 485 g/mol. The van der Waals surface area contributed by atoms with E-state index in [1.165, 1.54) is 23.1 Å². The normalized spacial score (nSPS) is 12.2. The van der Waals surface area contributed by atoms with E-state index in [1.54, 1.807) is 6.92 Å². The summed E-state index contributed by atoms with van der Waals surface area (Å²) in [4.78, 5) is 27.7. The molecule has 0 radical (unpaired) electrons. The number of rotatable bonds is 10. The van der Waals surface area contributed by atoms with Crippen molar-refractivity contribution in [3.05, 3.63) is 63.6 Å². The second-order valence-electron chi connectivity index (χ2n) is 7.70. The highest BCUT2D eigenvalue weighted by Gasteiger charge is 2.31. The van der Waals surface area contributed by atoms with Gasteiger partial charge < -0.3 is 10.2 Å². The zero-order valence-corrected chi connectivity index (χ0v) is 21.5. The molecule has 0 bridgehead atoms. The Hall–Kier alpha value is -2.29. The highest BCUT2D eigenvalue weighted by atomic mass is 35.5. The number of carbonyl (C=O) groups is 2. The van der Waals surface area contributed by atoms with Gasteiger partial charge in [0.15, 0.2) is 0 Å². The van der Waals surface area contributed by atoms with Crippen LogP contribution in [0.25, 0.3) is 0 Å². The van der Waals surface area contributed by atoms with E-state index >= 15 is 0 Å². The Balaban J connectivity index is 2.45. The first-order valence-corrected chi connectivity index (χ1v) is 13.1. The molecule has 0 fully saturated rings. The molecule has 0 unspecified atom stereocenters. The summed E-state index contributed by atoms with van der Waals surface area (Å²) in [7, 11) is -3.84. The highest BCUT2D eigenvalue weighted by molar-refractivity contribution is 7.92. The Morgan fingerprint density at radius 3 is 2.30 bits per heavy atom. The van der Waals surface area contributed by atoms with Crippen LogP contribution in [0.1, 0.15) is 31.4 Å². The predicted octanol–water partition coefficient (Wildman–Crippen LogP) is 4.01. The number of benzene rings is 2. The number of likely N-dealkylation sites (N-methyl/N-ethyl adjacent to an activating group) is 1. The van der Waals surface area contributed by atoms with Gasteiger partial charge in [0, 0.05) is 13.1 Å². The lowest BCUT2D eigenvalue weighted by Gasteiger charge is -2.33. The molecule has 2 rings (SSSR count). The van der Waals surface area contributed by atoms with Gasteiger partial charge in [0.1, 0.15) is 12.6 Å². The maximum atomic E-state index is 13.5. The molecule has 0 aliphatic heterocycles. The molecule has 1 atom stereocenters. The summed E-state index contributed by atoms with van der Waals surface area (Å²) in [5, 5.41) is 3.20. The standard InChI is InChI=1S/C23H29Cl2N3O4S/c1-5-21(23(30)26-6-2)27(14-17-9-7-8-16(3)12-17)22(29)15-28(33(4,31)32)18-10-11-19(24)20(25)13-18/h7-13,21H,5-6,14-15H2,1-4H3,(H,26,30)/t21-/m1/s1. The molecule has 2 amide bonds. The molecule has 0 aromatic heterocycles. The third-order valence-electron chi connectivity index (χ3n) is 5.04. The van der Waals surface area contributed by atoms with Gasteiger partial charge in [-0.2, -0.15) is 0 Å². The number of amides is 2. The van der Waals surface area contributed by atoms with E-state index < -0.39 is 28.5 Å². The van der Waals surface area contributed by atoms with Crippen molar-refractivity contribution in [2.75, 3.05) is 23.7 Å². The van der Waals surface area contributed by atoms with Gasteiger partial charge >= 0.3 is 0 Å². The minimum absolute atomic E-state index is 0.162. The number of anilines is 1. The summed E-state index contributed by atoms with van der Waals surface area (Å²) in [5.41, 5.74) is 2.06. The van der Waals surface area contributed by atoms with Gasteiger partial charge in [-0.1, -0.05) is 60.0 Å². The molecule has 0 aliphatic carbocycles. The first-order chi connectivity index (χ1) is 15.5. The second kappa shape index (κ2) is 11.7. The molecule has 2 aromatic carbocycles. The maximum absolute atomic E-state index is 13.5. The van der Waals surface area contributed by atoms with Crippen LogP contribution in [-0.2, 0) is 26.2 Å². The van der Waals surface area contributed by atoms with E-state index in [0.717, 1.165) is 21.7 Å². The van der Waals surface area contributed by atoms with Crippen LogP contribution in [0.15, 0.2) is 42.5 Å². The zero-order valence-electron chi connectivity index (χ0n) is 19.1. The van der Waals surface area contributed by atoms with Crippen molar-refractivity contribution in [2.45, 2.75) is 39.8 Å². The number of nitrogens with one attached hydrogen (secondary N) is 1. The Morgan fingerprint density at radius 2 is 1.76 bits per heavy atom. The quantitative estimate of drug-likeness (QED) is 0.519. The largest absolute Gasteiger partial charge is 0.355 e. The van der Waals surface area contributed by atoms with Gasteiger partial charge in [0.25, 0.3) is 0 Å². The van der Waals surface area contributed by atoms with Crippen molar-refractivity contribution in [3.8, 4) is 0 Å². The molecule has 0 saturated carbocycles. The molecule has 1 N–H and O–H groups in total. The zero-order chi connectivity index (χ0) is 24.8. The number of hydrogen-bond acceptors (Lipinski definition) is 4. The van der Waals surface area contributed by atoms with Gasteiger partial charge in [0.05, 0.1) is 22.0 Å². The van der Waals surface area contributed by atoms with Crippen molar-refractivity contribution in [1.82, 2.24) is 10.2 Å². The Bertz CT molecular complexity index is 1110. The first kappa shape index (κ1) is 27.0. The van der Waals surface area contributed by atoms with E-state index in [4.69, 9.17) is 23.2 Å². The topological polar surface area (TPSA) is 86.8 Å². The van der Waals surface area contributed by atoms with Crippen LogP contribution in [-0.4, -0.2) is 50.5 Å². The molecule has 180 valence electrons. The molecular formula is C23H29Cl2N3O4S. The first-order valence-electron chi connectivity index (χ1n) is 10.5. The minimum atomic E-state index is -3.84. The number of aryl methyl sites for hydroxylation is 1. The number of carbonyl (C=O) groups excluding carboxylic acids is 2. The van der Waals surface area contributed by atoms with Crippen molar-refractivity contribution in [2.24, 2.45) is 0 Å². The van der Waals surface area contributed by atoms with Gasteiger partial charge in [-0.25, -0.2) is 8.42 Å². The van der Waals surface area contributed by atoms with Crippen LogP contribution in [0.3, 0.4) is 0 Å². The average Bonchev–Trinajstić information content (AvgIpc) is 2.73. The van der Waals surface area contributed by atoms with Gasteiger partial charge in [0.2, 0.25) is 21.8 Å². The van der Waals surface area contributed by atoms with E-state index in [9.17, 15) is 18.0 Å². The number of sulfonamides is 1. The van der Waals surface area contributed by atoms with Crippen molar-refractivity contribution < 1.29 is 18.0 Å². The molecule has 33 heavy (non-hydrogen) atoms. The van der Waals surface area contributed by atoms with Crippen LogP contribution in [0.2, 0.25) is 10.0 Å². The number of hydrogen-bond donors (Lipinski definition) is 1. The van der Waals surface area contributed by atoms with E-state index in [2.05, 4.69) is 5.32 Å². The Labute approximate surface area is 205 Å². The molecule has 0 aliphatic rings. The van der Waals surface area contributed by atoms with Crippen molar-refractivity contribution in [1.29, 1.82) is 0 Å². The number of nitrogens with zero attached hydrogens (tertiary/aromatic N) is 2. The summed E-state index contributed by atoms with van der Waals surface area (Å²) in [6, 6.07) is 11.2. The van der Waals surface area contributed by atoms with E-state index in [1.807, 2.05) is 38.1 Å². The molecule has 0 spiro atoms. The number of halogens is 2. The van der Waals surface area contributed by atoms with E-state index in [-0.39, 0.29) is 28.2 Å². The van der Waals surface area contributed by atoms with Crippen LogP contribution in [0, 0.1) is 6.92 Å².